The van der Waals surface area contributed by atoms with E-state index in [1.807, 2.05) is 0 Å². The molecule has 82 valence electrons. The van der Waals surface area contributed by atoms with Crippen molar-refractivity contribution >= 4 is 0 Å². The van der Waals surface area contributed by atoms with Crippen molar-refractivity contribution in [1.82, 2.24) is 0 Å². The summed E-state index contributed by atoms with van der Waals surface area (Å²) in [5.41, 5.74) is -0.334. The van der Waals surface area contributed by atoms with Gasteiger partial charge in [-0.05, 0) is 33.1 Å². The van der Waals surface area contributed by atoms with E-state index in [-0.39, 0.29) is 23.9 Å². The van der Waals surface area contributed by atoms with Crippen molar-refractivity contribution in [2.24, 2.45) is 0 Å². The third-order valence-corrected chi connectivity index (χ3v) is 3.77. The lowest BCUT2D eigenvalue weighted by Gasteiger charge is -2.45. The van der Waals surface area contributed by atoms with Gasteiger partial charge in [0, 0.05) is 6.42 Å². The van der Waals surface area contributed by atoms with Crippen LogP contribution in [0.2, 0.25) is 0 Å². The molecule has 3 nitrogen and oxygen atoms in total. The molecule has 2 aliphatic rings. The average molecular weight is 200 g/mol. The first-order valence-electron chi connectivity index (χ1n) is 5.52. The first-order valence-corrected chi connectivity index (χ1v) is 5.52. The molecule has 2 aliphatic heterocycles. The monoisotopic (exact) mass is 200 g/mol. The number of hydrogen-bond acceptors (Lipinski definition) is 3. The molecule has 0 aromatic carbocycles. The lowest BCUT2D eigenvalue weighted by atomic mass is 9.79. The van der Waals surface area contributed by atoms with Crippen molar-refractivity contribution in [3.8, 4) is 0 Å². The van der Waals surface area contributed by atoms with Gasteiger partial charge in [-0.2, -0.15) is 0 Å². The molecule has 0 aromatic heterocycles. The zero-order valence-electron chi connectivity index (χ0n) is 9.08. The molecular formula is C11H20O3. The smallest absolute Gasteiger partial charge is 0.0992 e. The predicted octanol–water partition coefficient (Wildman–Crippen LogP) is 1.49. The van der Waals surface area contributed by atoms with Gasteiger partial charge in [0.05, 0.1) is 30.5 Å². The number of hydrogen-bond donors (Lipinski definition) is 1. The fourth-order valence-electron chi connectivity index (χ4n) is 2.71. The van der Waals surface area contributed by atoms with Crippen molar-refractivity contribution in [3.63, 3.8) is 0 Å². The highest BCUT2D eigenvalue weighted by Gasteiger charge is 2.53. The predicted molar refractivity (Wildman–Crippen MR) is 53.2 cm³/mol. The maximum absolute atomic E-state index is 9.14. The highest BCUT2D eigenvalue weighted by Crippen LogP contribution is 2.45. The molecule has 1 spiro atoms. The van der Waals surface area contributed by atoms with Gasteiger partial charge in [-0.15, -0.1) is 0 Å². The second-order valence-corrected chi connectivity index (χ2v) is 4.92. The zero-order valence-corrected chi connectivity index (χ0v) is 9.08. The van der Waals surface area contributed by atoms with Gasteiger partial charge in [0.15, 0.2) is 0 Å². The SMILES string of the molecule is CC1(C)OCCC12CCCC(CO)O2. The first-order chi connectivity index (χ1) is 6.60. The third kappa shape index (κ3) is 1.47. The summed E-state index contributed by atoms with van der Waals surface area (Å²) in [5, 5.41) is 9.14. The molecule has 2 saturated heterocycles. The minimum Gasteiger partial charge on any atom is -0.394 e. The van der Waals surface area contributed by atoms with Crippen LogP contribution in [-0.4, -0.2) is 35.6 Å². The molecule has 2 rings (SSSR count). The molecule has 2 heterocycles. The minimum absolute atomic E-state index is 0.0183. The van der Waals surface area contributed by atoms with Gasteiger partial charge in [0.1, 0.15) is 0 Å². The number of rotatable bonds is 1. The Morgan fingerprint density at radius 3 is 2.71 bits per heavy atom. The summed E-state index contributed by atoms with van der Waals surface area (Å²) in [4.78, 5) is 0. The second kappa shape index (κ2) is 3.47. The van der Waals surface area contributed by atoms with E-state index in [2.05, 4.69) is 13.8 Å². The highest BCUT2D eigenvalue weighted by molar-refractivity contribution is 5.03. The summed E-state index contributed by atoms with van der Waals surface area (Å²) in [6.07, 6.45) is 4.17. The van der Waals surface area contributed by atoms with Crippen molar-refractivity contribution in [2.75, 3.05) is 13.2 Å². The standard InChI is InChI=1S/C11H20O3/c1-10(2)11(6-7-13-10)5-3-4-9(8-12)14-11/h9,12H,3-8H2,1-2H3. The summed E-state index contributed by atoms with van der Waals surface area (Å²) in [5.74, 6) is 0. The number of ether oxygens (including phenoxy) is 2. The van der Waals surface area contributed by atoms with Gasteiger partial charge in [-0.3, -0.25) is 0 Å². The Kier molecular flexibility index (Phi) is 2.58. The number of aliphatic hydroxyl groups is 1. The Labute approximate surface area is 85.4 Å². The Balaban J connectivity index is 2.14. The topological polar surface area (TPSA) is 38.7 Å². The largest absolute Gasteiger partial charge is 0.394 e. The molecule has 1 N–H and O–H groups in total. The van der Waals surface area contributed by atoms with Crippen molar-refractivity contribution < 1.29 is 14.6 Å². The average Bonchev–Trinajstić information content (AvgIpc) is 2.43. The molecule has 0 radical (unpaired) electrons. The first kappa shape index (κ1) is 10.4. The Morgan fingerprint density at radius 1 is 1.36 bits per heavy atom. The van der Waals surface area contributed by atoms with Crippen LogP contribution >= 0.6 is 0 Å². The van der Waals surface area contributed by atoms with Crippen LogP contribution in [0.4, 0.5) is 0 Å². The lowest BCUT2D eigenvalue weighted by Crippen LogP contribution is -2.53. The van der Waals surface area contributed by atoms with Gasteiger partial charge in [-0.25, -0.2) is 0 Å². The number of aliphatic hydroxyl groups excluding tert-OH is 1. The van der Waals surface area contributed by atoms with Crippen molar-refractivity contribution in [2.45, 2.75) is 56.8 Å². The van der Waals surface area contributed by atoms with E-state index in [0.717, 1.165) is 32.3 Å². The highest BCUT2D eigenvalue weighted by atomic mass is 16.6. The van der Waals surface area contributed by atoms with Gasteiger partial charge in [0.2, 0.25) is 0 Å². The molecule has 3 heteroatoms. The maximum Gasteiger partial charge on any atom is 0.0992 e. The van der Waals surface area contributed by atoms with Crippen LogP contribution in [0.3, 0.4) is 0 Å². The normalized spacial score (nSPS) is 41.8. The van der Waals surface area contributed by atoms with Gasteiger partial charge < -0.3 is 14.6 Å². The van der Waals surface area contributed by atoms with Crippen LogP contribution in [0.15, 0.2) is 0 Å². The Hall–Kier alpha value is -0.120. The van der Waals surface area contributed by atoms with E-state index in [1.165, 1.54) is 0 Å². The zero-order chi connectivity index (χ0) is 10.2. The fraction of sp³-hybridized carbons (Fsp3) is 1.00. The van der Waals surface area contributed by atoms with E-state index < -0.39 is 0 Å². The molecule has 2 fully saturated rings. The minimum atomic E-state index is -0.194. The van der Waals surface area contributed by atoms with Crippen molar-refractivity contribution in [3.05, 3.63) is 0 Å². The fourth-order valence-corrected chi connectivity index (χ4v) is 2.71. The van der Waals surface area contributed by atoms with Crippen molar-refractivity contribution in [1.29, 1.82) is 0 Å². The van der Waals surface area contributed by atoms with Gasteiger partial charge in [-0.1, -0.05) is 0 Å². The van der Waals surface area contributed by atoms with Crippen LogP contribution in [-0.2, 0) is 9.47 Å². The molecule has 0 saturated carbocycles. The van der Waals surface area contributed by atoms with E-state index in [1.54, 1.807) is 0 Å². The summed E-state index contributed by atoms with van der Waals surface area (Å²) >= 11 is 0. The van der Waals surface area contributed by atoms with Gasteiger partial charge >= 0.3 is 0 Å². The molecule has 0 amide bonds. The summed E-state index contributed by atoms with van der Waals surface area (Å²) in [6, 6.07) is 0. The molecule has 2 atom stereocenters. The van der Waals surface area contributed by atoms with E-state index in [0.29, 0.717) is 0 Å². The van der Waals surface area contributed by atoms with Crippen LogP contribution in [0.5, 0.6) is 0 Å². The second-order valence-electron chi connectivity index (χ2n) is 4.92. The quantitative estimate of drug-likeness (QED) is 0.697. The molecule has 0 aliphatic carbocycles. The van der Waals surface area contributed by atoms with Crippen LogP contribution in [0.25, 0.3) is 0 Å². The van der Waals surface area contributed by atoms with Gasteiger partial charge in [0.25, 0.3) is 0 Å². The molecule has 0 aromatic rings. The Morgan fingerprint density at radius 2 is 2.14 bits per heavy atom. The maximum atomic E-state index is 9.14. The lowest BCUT2D eigenvalue weighted by molar-refractivity contribution is -0.196. The van der Waals surface area contributed by atoms with Crippen LogP contribution in [0, 0.1) is 0 Å². The van der Waals surface area contributed by atoms with Crippen LogP contribution < -0.4 is 0 Å². The molecule has 2 unspecified atom stereocenters. The molecular weight excluding hydrogens is 180 g/mol. The summed E-state index contributed by atoms with van der Waals surface area (Å²) < 4.78 is 11.7. The Bertz CT molecular complexity index is 215. The molecule has 0 bridgehead atoms. The summed E-state index contributed by atoms with van der Waals surface area (Å²) in [7, 11) is 0. The third-order valence-electron chi connectivity index (χ3n) is 3.77. The summed E-state index contributed by atoms with van der Waals surface area (Å²) in [6.45, 7) is 5.11. The van der Waals surface area contributed by atoms with E-state index in [4.69, 9.17) is 14.6 Å². The van der Waals surface area contributed by atoms with Crippen LogP contribution in [0.1, 0.15) is 39.5 Å². The van der Waals surface area contributed by atoms with E-state index in [9.17, 15) is 0 Å². The van der Waals surface area contributed by atoms with E-state index >= 15 is 0 Å². The molecule has 14 heavy (non-hydrogen) atoms.